The molecule has 0 aliphatic carbocycles. The summed E-state index contributed by atoms with van der Waals surface area (Å²) in [6, 6.07) is 23.9. The van der Waals surface area contributed by atoms with E-state index in [-0.39, 0.29) is 5.91 Å². The standard InChI is InChI=1S/C28H28N4OS/c1-18(2)22-15-9-21(10-16-22)17-29-32-28-30-25(23-11-5-19(3)6-12-23)27(34-28)31-26(33)24-13-7-20(4)8-14-24/h5-18H,1-4H3,(H,30,32)(H,31,33). The van der Waals surface area contributed by atoms with Crippen LogP contribution in [0.15, 0.2) is 77.9 Å². The van der Waals surface area contributed by atoms with Gasteiger partial charge in [-0.05, 0) is 43.0 Å². The number of nitrogens with one attached hydrogen (secondary N) is 2. The lowest BCUT2D eigenvalue weighted by Crippen LogP contribution is -2.11. The number of rotatable bonds is 7. The predicted octanol–water partition coefficient (Wildman–Crippen LogP) is 7.25. The molecule has 4 aromatic rings. The van der Waals surface area contributed by atoms with E-state index in [4.69, 9.17) is 4.98 Å². The van der Waals surface area contributed by atoms with E-state index in [0.29, 0.717) is 27.3 Å². The molecule has 0 atom stereocenters. The third kappa shape index (κ3) is 5.77. The number of amides is 1. The minimum Gasteiger partial charge on any atom is -0.312 e. The fourth-order valence-corrected chi connectivity index (χ4v) is 4.20. The Morgan fingerprint density at radius 1 is 0.912 bits per heavy atom. The lowest BCUT2D eigenvalue weighted by molar-refractivity contribution is 0.102. The lowest BCUT2D eigenvalue weighted by atomic mass is 10.0. The van der Waals surface area contributed by atoms with Gasteiger partial charge in [0.2, 0.25) is 5.13 Å². The molecular formula is C28H28N4OS. The summed E-state index contributed by atoms with van der Waals surface area (Å²) in [5, 5.41) is 8.66. The summed E-state index contributed by atoms with van der Waals surface area (Å²) in [6.45, 7) is 8.39. The largest absolute Gasteiger partial charge is 0.312 e. The van der Waals surface area contributed by atoms with Gasteiger partial charge < -0.3 is 5.32 Å². The zero-order chi connectivity index (χ0) is 24.1. The minimum atomic E-state index is -0.169. The number of hydrogen-bond donors (Lipinski definition) is 2. The molecule has 0 aliphatic heterocycles. The third-order valence-electron chi connectivity index (χ3n) is 5.47. The molecule has 0 saturated heterocycles. The molecule has 6 heteroatoms. The van der Waals surface area contributed by atoms with Gasteiger partial charge in [0.05, 0.1) is 6.21 Å². The average molecular weight is 469 g/mol. The molecule has 172 valence electrons. The maximum atomic E-state index is 12.9. The number of hydrazone groups is 1. The molecule has 2 N–H and O–H groups in total. The SMILES string of the molecule is Cc1ccc(C(=O)Nc2sc(NN=Cc3ccc(C(C)C)cc3)nc2-c2ccc(C)cc2)cc1. The van der Waals surface area contributed by atoms with Gasteiger partial charge in [-0.2, -0.15) is 5.10 Å². The Morgan fingerprint density at radius 3 is 2.15 bits per heavy atom. The lowest BCUT2D eigenvalue weighted by Gasteiger charge is -2.06. The first kappa shape index (κ1) is 23.4. The summed E-state index contributed by atoms with van der Waals surface area (Å²) >= 11 is 1.36. The van der Waals surface area contributed by atoms with E-state index < -0.39 is 0 Å². The molecule has 0 unspecified atom stereocenters. The van der Waals surface area contributed by atoms with Crippen molar-refractivity contribution in [2.45, 2.75) is 33.6 Å². The Balaban J connectivity index is 1.56. The number of benzene rings is 3. The third-order valence-corrected chi connectivity index (χ3v) is 6.35. The predicted molar refractivity (Wildman–Crippen MR) is 143 cm³/mol. The average Bonchev–Trinajstić information content (AvgIpc) is 3.22. The molecule has 0 bridgehead atoms. The first-order valence-electron chi connectivity index (χ1n) is 11.2. The van der Waals surface area contributed by atoms with Crippen molar-refractivity contribution in [3.8, 4) is 11.3 Å². The van der Waals surface area contributed by atoms with Crippen molar-refractivity contribution in [2.24, 2.45) is 5.10 Å². The van der Waals surface area contributed by atoms with Gasteiger partial charge in [0.1, 0.15) is 10.7 Å². The Kier molecular flexibility index (Phi) is 7.18. The summed E-state index contributed by atoms with van der Waals surface area (Å²) in [4.78, 5) is 17.6. The number of aromatic nitrogens is 1. The number of aryl methyl sites for hydroxylation is 2. The normalized spacial score (nSPS) is 11.2. The summed E-state index contributed by atoms with van der Waals surface area (Å²) in [5.41, 5.74) is 9.83. The van der Waals surface area contributed by atoms with E-state index in [0.717, 1.165) is 22.3 Å². The monoisotopic (exact) mass is 468 g/mol. The molecule has 0 saturated carbocycles. The van der Waals surface area contributed by atoms with Crippen LogP contribution in [0.4, 0.5) is 10.1 Å². The van der Waals surface area contributed by atoms with E-state index in [9.17, 15) is 4.79 Å². The van der Waals surface area contributed by atoms with E-state index in [1.807, 2.05) is 74.5 Å². The zero-order valence-corrected chi connectivity index (χ0v) is 20.6. The smallest absolute Gasteiger partial charge is 0.256 e. The molecule has 4 rings (SSSR count). The van der Waals surface area contributed by atoms with Gasteiger partial charge >= 0.3 is 0 Å². The molecule has 1 aromatic heterocycles. The molecular weight excluding hydrogens is 440 g/mol. The van der Waals surface area contributed by atoms with E-state index in [1.165, 1.54) is 16.9 Å². The zero-order valence-electron chi connectivity index (χ0n) is 19.8. The van der Waals surface area contributed by atoms with Crippen LogP contribution in [-0.4, -0.2) is 17.1 Å². The first-order valence-corrected chi connectivity index (χ1v) is 12.1. The summed E-state index contributed by atoms with van der Waals surface area (Å²) < 4.78 is 0. The van der Waals surface area contributed by atoms with Gasteiger partial charge in [-0.3, -0.25) is 10.2 Å². The van der Waals surface area contributed by atoms with Crippen molar-refractivity contribution in [1.29, 1.82) is 0 Å². The topological polar surface area (TPSA) is 66.4 Å². The number of hydrogen-bond acceptors (Lipinski definition) is 5. The highest BCUT2D eigenvalue weighted by Gasteiger charge is 2.16. The Labute approximate surface area is 204 Å². The van der Waals surface area contributed by atoms with Gasteiger partial charge in [0.15, 0.2) is 0 Å². The van der Waals surface area contributed by atoms with Crippen LogP contribution in [0.2, 0.25) is 0 Å². The van der Waals surface area contributed by atoms with Crippen molar-refractivity contribution in [1.82, 2.24) is 4.98 Å². The maximum absolute atomic E-state index is 12.9. The van der Waals surface area contributed by atoms with E-state index in [2.05, 4.69) is 41.8 Å². The van der Waals surface area contributed by atoms with Crippen LogP contribution in [0, 0.1) is 13.8 Å². The van der Waals surface area contributed by atoms with Crippen molar-refractivity contribution < 1.29 is 4.79 Å². The second-order valence-electron chi connectivity index (χ2n) is 8.57. The molecule has 1 heterocycles. The fourth-order valence-electron chi connectivity index (χ4n) is 3.37. The van der Waals surface area contributed by atoms with Crippen molar-refractivity contribution in [2.75, 3.05) is 10.7 Å². The van der Waals surface area contributed by atoms with Crippen LogP contribution in [0.5, 0.6) is 0 Å². The summed E-state index contributed by atoms with van der Waals surface area (Å²) in [7, 11) is 0. The van der Waals surface area contributed by atoms with Crippen LogP contribution in [0.25, 0.3) is 11.3 Å². The Hall–Kier alpha value is -3.77. The number of nitrogens with zero attached hydrogens (tertiary/aromatic N) is 2. The van der Waals surface area contributed by atoms with E-state index in [1.54, 1.807) is 6.21 Å². The number of carbonyl (C=O) groups excluding carboxylic acids is 1. The highest BCUT2D eigenvalue weighted by atomic mass is 32.1. The van der Waals surface area contributed by atoms with Crippen LogP contribution < -0.4 is 10.7 Å². The van der Waals surface area contributed by atoms with Gasteiger partial charge in [-0.25, -0.2) is 4.98 Å². The highest BCUT2D eigenvalue weighted by Crippen LogP contribution is 2.36. The molecule has 0 aliphatic rings. The van der Waals surface area contributed by atoms with Gasteiger partial charge in [-0.15, -0.1) is 0 Å². The first-order chi connectivity index (χ1) is 16.4. The Morgan fingerprint density at radius 2 is 1.53 bits per heavy atom. The van der Waals surface area contributed by atoms with Gasteiger partial charge in [-0.1, -0.05) is 97.0 Å². The van der Waals surface area contributed by atoms with Crippen molar-refractivity contribution in [3.63, 3.8) is 0 Å². The second kappa shape index (κ2) is 10.4. The maximum Gasteiger partial charge on any atom is 0.256 e. The quantitative estimate of drug-likeness (QED) is 0.222. The van der Waals surface area contributed by atoms with Gasteiger partial charge in [0.25, 0.3) is 5.91 Å². The fraction of sp³-hybridized carbons (Fsp3) is 0.179. The second-order valence-corrected chi connectivity index (χ2v) is 9.57. The van der Waals surface area contributed by atoms with Gasteiger partial charge in [0, 0.05) is 11.1 Å². The van der Waals surface area contributed by atoms with Crippen LogP contribution >= 0.6 is 11.3 Å². The molecule has 0 radical (unpaired) electrons. The van der Waals surface area contributed by atoms with Crippen LogP contribution in [0.1, 0.15) is 52.4 Å². The molecule has 3 aromatic carbocycles. The van der Waals surface area contributed by atoms with E-state index >= 15 is 0 Å². The number of thiazole rings is 1. The van der Waals surface area contributed by atoms with Crippen molar-refractivity contribution >= 4 is 33.6 Å². The number of carbonyl (C=O) groups is 1. The van der Waals surface area contributed by atoms with Crippen LogP contribution in [0.3, 0.4) is 0 Å². The molecule has 0 spiro atoms. The number of anilines is 2. The summed E-state index contributed by atoms with van der Waals surface area (Å²) in [5.74, 6) is 0.325. The Bertz CT molecular complexity index is 1290. The highest BCUT2D eigenvalue weighted by molar-refractivity contribution is 7.20. The molecule has 5 nitrogen and oxygen atoms in total. The molecule has 1 amide bonds. The summed E-state index contributed by atoms with van der Waals surface area (Å²) in [6.07, 6.45) is 1.77. The van der Waals surface area contributed by atoms with Crippen molar-refractivity contribution in [3.05, 3.63) is 101 Å². The molecule has 34 heavy (non-hydrogen) atoms. The molecule has 0 fully saturated rings. The minimum absolute atomic E-state index is 0.169. The van der Waals surface area contributed by atoms with Crippen LogP contribution in [-0.2, 0) is 0 Å².